The van der Waals surface area contributed by atoms with Crippen molar-refractivity contribution in [3.05, 3.63) is 35.4 Å². The predicted molar refractivity (Wildman–Crippen MR) is 59.2 cm³/mol. The summed E-state index contributed by atoms with van der Waals surface area (Å²) in [5.41, 5.74) is -0.441. The molecular formula is C12H17F2NO. The molecule has 0 atom stereocenters. The van der Waals surface area contributed by atoms with Crippen molar-refractivity contribution in [2.75, 3.05) is 13.1 Å². The molecule has 0 unspecified atom stereocenters. The largest absolute Gasteiger partial charge is 0.389 e. The lowest BCUT2D eigenvalue weighted by molar-refractivity contribution is 0.0801. The third kappa shape index (κ3) is 4.68. The zero-order chi connectivity index (χ0) is 12.2. The number of hydrogen-bond acceptors (Lipinski definition) is 2. The average molecular weight is 229 g/mol. The number of hydrogen-bond donors (Lipinski definition) is 2. The van der Waals surface area contributed by atoms with Crippen molar-refractivity contribution in [2.24, 2.45) is 0 Å². The van der Waals surface area contributed by atoms with E-state index in [0.717, 1.165) is 12.1 Å². The van der Waals surface area contributed by atoms with Gasteiger partial charge in [0.2, 0.25) is 0 Å². The molecule has 0 aromatic heterocycles. The van der Waals surface area contributed by atoms with Crippen LogP contribution in [-0.2, 0) is 6.42 Å². The summed E-state index contributed by atoms with van der Waals surface area (Å²) in [6.07, 6.45) is 0.402. The zero-order valence-electron chi connectivity index (χ0n) is 9.56. The van der Waals surface area contributed by atoms with Gasteiger partial charge in [0.05, 0.1) is 5.60 Å². The molecule has 2 nitrogen and oxygen atoms in total. The van der Waals surface area contributed by atoms with Crippen molar-refractivity contribution in [2.45, 2.75) is 25.9 Å². The Morgan fingerprint density at radius 1 is 1.31 bits per heavy atom. The topological polar surface area (TPSA) is 32.3 Å². The first-order valence-electron chi connectivity index (χ1n) is 5.25. The van der Waals surface area contributed by atoms with Crippen LogP contribution in [0.3, 0.4) is 0 Å². The molecule has 0 fully saturated rings. The van der Waals surface area contributed by atoms with Gasteiger partial charge in [-0.3, -0.25) is 0 Å². The Hall–Kier alpha value is -1.00. The van der Waals surface area contributed by atoms with Crippen molar-refractivity contribution in [1.82, 2.24) is 5.32 Å². The molecule has 0 aliphatic rings. The maximum Gasteiger partial charge on any atom is 0.126 e. The number of benzene rings is 1. The molecule has 4 heteroatoms. The van der Waals surface area contributed by atoms with Gasteiger partial charge in [-0.05, 0) is 50.6 Å². The summed E-state index contributed by atoms with van der Waals surface area (Å²) in [6, 6.07) is 3.42. The summed E-state index contributed by atoms with van der Waals surface area (Å²) in [5, 5.41) is 12.4. The minimum atomic E-state index is -0.791. The smallest absolute Gasteiger partial charge is 0.126 e. The van der Waals surface area contributed by atoms with Crippen LogP contribution in [0.4, 0.5) is 8.78 Å². The van der Waals surface area contributed by atoms with E-state index in [-0.39, 0.29) is 0 Å². The summed E-state index contributed by atoms with van der Waals surface area (Å²) in [5.74, 6) is -0.828. The molecule has 0 saturated heterocycles. The highest BCUT2D eigenvalue weighted by molar-refractivity contribution is 5.18. The minimum Gasteiger partial charge on any atom is -0.389 e. The molecule has 0 bridgehead atoms. The summed E-state index contributed by atoms with van der Waals surface area (Å²) in [7, 11) is 0. The van der Waals surface area contributed by atoms with Crippen LogP contribution in [-0.4, -0.2) is 23.8 Å². The highest BCUT2D eigenvalue weighted by Crippen LogP contribution is 2.09. The van der Waals surface area contributed by atoms with Crippen LogP contribution in [0, 0.1) is 11.6 Å². The van der Waals surface area contributed by atoms with Gasteiger partial charge in [-0.15, -0.1) is 0 Å². The molecule has 1 aromatic rings. The second kappa shape index (κ2) is 5.37. The fourth-order valence-corrected chi connectivity index (χ4v) is 1.35. The van der Waals surface area contributed by atoms with Crippen LogP contribution in [0.5, 0.6) is 0 Å². The predicted octanol–water partition coefficient (Wildman–Crippen LogP) is 1.87. The van der Waals surface area contributed by atoms with E-state index >= 15 is 0 Å². The van der Waals surface area contributed by atoms with Gasteiger partial charge in [0.25, 0.3) is 0 Å². The zero-order valence-corrected chi connectivity index (χ0v) is 9.56. The van der Waals surface area contributed by atoms with Gasteiger partial charge in [-0.2, -0.15) is 0 Å². The van der Waals surface area contributed by atoms with Crippen LogP contribution in [0.25, 0.3) is 0 Å². The molecule has 0 radical (unpaired) electrons. The van der Waals surface area contributed by atoms with Crippen LogP contribution in [0.15, 0.2) is 18.2 Å². The fraction of sp³-hybridized carbons (Fsp3) is 0.500. The molecule has 1 rings (SSSR count). The van der Waals surface area contributed by atoms with Crippen LogP contribution in [0.2, 0.25) is 0 Å². The Morgan fingerprint density at radius 3 is 2.62 bits per heavy atom. The molecule has 0 aliphatic heterocycles. The fourth-order valence-electron chi connectivity index (χ4n) is 1.35. The van der Waals surface area contributed by atoms with Crippen molar-refractivity contribution in [3.63, 3.8) is 0 Å². The molecule has 2 N–H and O–H groups in total. The van der Waals surface area contributed by atoms with Crippen LogP contribution < -0.4 is 5.32 Å². The molecule has 0 aliphatic carbocycles. The van der Waals surface area contributed by atoms with E-state index < -0.39 is 17.2 Å². The molecule has 1 aromatic carbocycles. The van der Waals surface area contributed by atoms with Crippen molar-refractivity contribution >= 4 is 0 Å². The highest BCUT2D eigenvalue weighted by Gasteiger charge is 2.11. The van der Waals surface area contributed by atoms with Gasteiger partial charge >= 0.3 is 0 Å². The van der Waals surface area contributed by atoms with Gasteiger partial charge in [0.15, 0.2) is 0 Å². The van der Waals surface area contributed by atoms with Crippen LogP contribution >= 0.6 is 0 Å². The molecule has 0 amide bonds. The van der Waals surface area contributed by atoms with Crippen molar-refractivity contribution in [3.8, 4) is 0 Å². The number of aliphatic hydroxyl groups is 1. The maximum absolute atomic E-state index is 13.2. The van der Waals surface area contributed by atoms with Gasteiger partial charge in [-0.25, -0.2) is 8.78 Å². The average Bonchev–Trinajstić information content (AvgIpc) is 2.16. The Morgan fingerprint density at radius 2 is 2.00 bits per heavy atom. The van der Waals surface area contributed by atoms with Gasteiger partial charge < -0.3 is 10.4 Å². The van der Waals surface area contributed by atoms with E-state index in [1.165, 1.54) is 6.07 Å². The Kier molecular flexibility index (Phi) is 4.38. The third-order valence-electron chi connectivity index (χ3n) is 2.14. The highest BCUT2D eigenvalue weighted by atomic mass is 19.1. The molecule has 90 valence electrons. The SMILES string of the molecule is CC(C)(O)CNCCc1cc(F)ccc1F. The first-order chi connectivity index (χ1) is 7.38. The van der Waals surface area contributed by atoms with Gasteiger partial charge in [-0.1, -0.05) is 0 Å². The number of halogens is 2. The Labute approximate surface area is 94.3 Å². The molecular weight excluding hydrogens is 212 g/mol. The molecule has 0 spiro atoms. The summed E-state index contributed by atoms with van der Waals surface area (Å²) < 4.78 is 26.0. The maximum atomic E-state index is 13.2. The first-order valence-corrected chi connectivity index (χ1v) is 5.25. The monoisotopic (exact) mass is 229 g/mol. The number of rotatable bonds is 5. The molecule has 0 heterocycles. The first kappa shape index (κ1) is 13.1. The Bertz CT molecular complexity index is 347. The van der Waals surface area contributed by atoms with E-state index in [1.807, 2.05) is 0 Å². The third-order valence-corrected chi connectivity index (χ3v) is 2.14. The van der Waals surface area contributed by atoms with Crippen molar-refractivity contribution < 1.29 is 13.9 Å². The Balaban J connectivity index is 2.40. The van der Waals surface area contributed by atoms with E-state index in [4.69, 9.17) is 0 Å². The van der Waals surface area contributed by atoms with E-state index in [9.17, 15) is 13.9 Å². The van der Waals surface area contributed by atoms with E-state index in [2.05, 4.69) is 5.32 Å². The quantitative estimate of drug-likeness (QED) is 0.755. The van der Waals surface area contributed by atoms with E-state index in [1.54, 1.807) is 13.8 Å². The minimum absolute atomic E-state index is 0.350. The lowest BCUT2D eigenvalue weighted by atomic mass is 10.1. The standard InChI is InChI=1S/C12H17F2NO/c1-12(2,16)8-15-6-5-9-7-10(13)3-4-11(9)14/h3-4,7,15-16H,5-6,8H2,1-2H3. The second-order valence-electron chi connectivity index (χ2n) is 4.47. The lowest BCUT2D eigenvalue weighted by Gasteiger charge is -2.17. The molecule has 0 saturated carbocycles. The number of nitrogens with one attached hydrogen (secondary N) is 1. The molecule has 16 heavy (non-hydrogen) atoms. The second-order valence-corrected chi connectivity index (χ2v) is 4.47. The van der Waals surface area contributed by atoms with Crippen LogP contribution in [0.1, 0.15) is 19.4 Å². The summed E-state index contributed by atoms with van der Waals surface area (Å²) >= 11 is 0. The van der Waals surface area contributed by atoms with Crippen molar-refractivity contribution in [1.29, 1.82) is 0 Å². The lowest BCUT2D eigenvalue weighted by Crippen LogP contribution is -2.35. The van der Waals surface area contributed by atoms with Gasteiger partial charge in [0, 0.05) is 6.54 Å². The summed E-state index contributed by atoms with van der Waals surface area (Å²) in [6.45, 7) is 4.29. The summed E-state index contributed by atoms with van der Waals surface area (Å²) in [4.78, 5) is 0. The van der Waals surface area contributed by atoms with E-state index in [0.29, 0.717) is 25.1 Å². The van der Waals surface area contributed by atoms with Gasteiger partial charge in [0.1, 0.15) is 11.6 Å². The normalized spacial score (nSPS) is 11.8.